The van der Waals surface area contributed by atoms with Gasteiger partial charge in [0.1, 0.15) is 12.2 Å². The number of halogens is 1. The molecule has 0 fully saturated rings. The summed E-state index contributed by atoms with van der Waals surface area (Å²) >= 11 is 3.40. The molecule has 0 aliphatic heterocycles. The van der Waals surface area contributed by atoms with Crippen LogP contribution in [-0.4, -0.2) is 29.5 Å². The summed E-state index contributed by atoms with van der Waals surface area (Å²) in [6.45, 7) is 0.526. The number of benzene rings is 1. The third-order valence-corrected chi connectivity index (χ3v) is 3.67. The van der Waals surface area contributed by atoms with E-state index in [1.54, 1.807) is 10.7 Å². The molecule has 4 rings (SSSR count). The first kappa shape index (κ1) is 12.3. The van der Waals surface area contributed by atoms with Crippen molar-refractivity contribution in [3.63, 3.8) is 0 Å². The number of nitrogens with one attached hydrogen (secondary N) is 2. The van der Waals surface area contributed by atoms with Crippen molar-refractivity contribution < 1.29 is 0 Å². The predicted molar refractivity (Wildman–Crippen MR) is 81.9 cm³/mol. The summed E-state index contributed by atoms with van der Waals surface area (Å²) in [5, 5.41) is 7.44. The van der Waals surface area contributed by atoms with Crippen LogP contribution in [0.1, 0.15) is 5.82 Å². The minimum Gasteiger partial charge on any atom is -0.347 e. The van der Waals surface area contributed by atoms with Crippen molar-refractivity contribution in [2.24, 2.45) is 0 Å². The zero-order chi connectivity index (χ0) is 14.2. The Hall–Kier alpha value is -2.48. The van der Waals surface area contributed by atoms with E-state index in [0.717, 1.165) is 27.0 Å². The lowest BCUT2D eigenvalue weighted by molar-refractivity contribution is 0.869. The Balaban J connectivity index is 1.63. The topological polar surface area (TPSA) is 83.8 Å². The molecule has 0 radical (unpaired) electrons. The highest BCUT2D eigenvalue weighted by Gasteiger charge is 2.08. The van der Waals surface area contributed by atoms with Crippen LogP contribution in [0.5, 0.6) is 0 Å². The van der Waals surface area contributed by atoms with E-state index < -0.39 is 0 Å². The molecular weight excluding hydrogens is 334 g/mol. The molecule has 0 aliphatic carbocycles. The highest BCUT2D eigenvalue weighted by molar-refractivity contribution is 9.10. The SMILES string of the molecule is Brc1cnn2c(NCc3nc4ccccc4[nH]3)ncnc12. The van der Waals surface area contributed by atoms with Gasteiger partial charge in [-0.25, -0.2) is 15.0 Å². The van der Waals surface area contributed by atoms with Gasteiger partial charge < -0.3 is 10.3 Å². The van der Waals surface area contributed by atoms with Crippen molar-refractivity contribution >= 4 is 38.6 Å². The van der Waals surface area contributed by atoms with Gasteiger partial charge in [-0.15, -0.1) is 0 Å². The van der Waals surface area contributed by atoms with E-state index in [1.807, 2.05) is 24.3 Å². The van der Waals surface area contributed by atoms with Crippen molar-refractivity contribution in [3.8, 4) is 0 Å². The Labute approximate surface area is 127 Å². The first-order chi connectivity index (χ1) is 10.3. The number of hydrogen-bond acceptors (Lipinski definition) is 5. The Morgan fingerprint density at radius 3 is 3.05 bits per heavy atom. The summed E-state index contributed by atoms with van der Waals surface area (Å²) < 4.78 is 2.48. The normalized spacial score (nSPS) is 11.3. The van der Waals surface area contributed by atoms with Crippen molar-refractivity contribution in [1.82, 2.24) is 29.5 Å². The first-order valence-corrected chi connectivity index (χ1v) is 7.12. The van der Waals surface area contributed by atoms with Crippen LogP contribution in [0, 0.1) is 0 Å². The van der Waals surface area contributed by atoms with Gasteiger partial charge in [0.05, 0.1) is 28.2 Å². The Morgan fingerprint density at radius 2 is 2.14 bits per heavy atom. The van der Waals surface area contributed by atoms with Crippen LogP contribution in [-0.2, 0) is 6.54 Å². The Morgan fingerprint density at radius 1 is 1.24 bits per heavy atom. The van der Waals surface area contributed by atoms with Crippen LogP contribution in [0.4, 0.5) is 5.95 Å². The van der Waals surface area contributed by atoms with E-state index in [0.29, 0.717) is 12.5 Å². The number of anilines is 1. The molecule has 3 aromatic heterocycles. The van der Waals surface area contributed by atoms with Gasteiger partial charge in [0.25, 0.3) is 0 Å². The monoisotopic (exact) mass is 343 g/mol. The smallest absolute Gasteiger partial charge is 0.227 e. The molecule has 1 aromatic carbocycles. The average Bonchev–Trinajstić information content (AvgIpc) is 3.09. The van der Waals surface area contributed by atoms with Crippen molar-refractivity contribution in [3.05, 3.63) is 47.1 Å². The molecule has 8 heteroatoms. The van der Waals surface area contributed by atoms with Gasteiger partial charge in [-0.05, 0) is 28.1 Å². The average molecular weight is 344 g/mol. The highest BCUT2D eigenvalue weighted by Crippen LogP contribution is 2.17. The number of imidazole rings is 1. The number of rotatable bonds is 3. The summed E-state index contributed by atoms with van der Waals surface area (Å²) in [5.74, 6) is 1.46. The van der Waals surface area contributed by atoms with Crippen LogP contribution in [0.25, 0.3) is 16.7 Å². The maximum atomic E-state index is 4.51. The van der Waals surface area contributed by atoms with Crippen LogP contribution in [0.3, 0.4) is 0 Å². The van der Waals surface area contributed by atoms with E-state index in [1.165, 1.54) is 6.33 Å². The van der Waals surface area contributed by atoms with E-state index in [9.17, 15) is 0 Å². The van der Waals surface area contributed by atoms with Gasteiger partial charge in [0.15, 0.2) is 5.65 Å². The molecule has 7 nitrogen and oxygen atoms in total. The standard InChI is InChI=1S/C13H10BrN7/c14-8-5-18-21-12(8)16-7-17-13(21)15-6-11-19-9-3-1-2-4-10(9)20-11/h1-5,7H,6H2,(H,19,20)(H,15,16,17). The third-order valence-electron chi connectivity index (χ3n) is 3.11. The fourth-order valence-corrected chi connectivity index (χ4v) is 2.52. The number of hydrogen-bond donors (Lipinski definition) is 2. The fraction of sp³-hybridized carbons (Fsp3) is 0.0769. The maximum absolute atomic E-state index is 4.51. The molecule has 0 atom stereocenters. The fourth-order valence-electron chi connectivity index (χ4n) is 2.16. The number of nitrogens with zero attached hydrogens (tertiary/aromatic N) is 5. The number of aromatic amines is 1. The Kier molecular flexibility index (Phi) is 2.81. The van der Waals surface area contributed by atoms with Crippen molar-refractivity contribution in [2.45, 2.75) is 6.54 Å². The summed E-state index contributed by atoms with van der Waals surface area (Å²) in [4.78, 5) is 16.2. The molecule has 21 heavy (non-hydrogen) atoms. The van der Waals surface area contributed by atoms with Gasteiger partial charge in [0, 0.05) is 0 Å². The molecule has 0 bridgehead atoms. The van der Waals surface area contributed by atoms with Crippen LogP contribution in [0.2, 0.25) is 0 Å². The molecule has 104 valence electrons. The lowest BCUT2D eigenvalue weighted by Crippen LogP contribution is -2.08. The minimum atomic E-state index is 0.526. The van der Waals surface area contributed by atoms with Gasteiger partial charge in [0.2, 0.25) is 5.95 Å². The molecule has 0 saturated heterocycles. The summed E-state index contributed by atoms with van der Waals surface area (Å²) in [6, 6.07) is 7.92. The largest absolute Gasteiger partial charge is 0.347 e. The van der Waals surface area contributed by atoms with E-state index >= 15 is 0 Å². The predicted octanol–water partition coefficient (Wildman–Crippen LogP) is 2.38. The zero-order valence-corrected chi connectivity index (χ0v) is 12.4. The third kappa shape index (κ3) is 2.13. The minimum absolute atomic E-state index is 0.526. The van der Waals surface area contributed by atoms with Gasteiger partial charge >= 0.3 is 0 Å². The van der Waals surface area contributed by atoms with Crippen molar-refractivity contribution in [1.29, 1.82) is 0 Å². The number of para-hydroxylation sites is 2. The van der Waals surface area contributed by atoms with E-state index in [-0.39, 0.29) is 0 Å². The summed E-state index contributed by atoms with van der Waals surface area (Å²) in [5.41, 5.74) is 2.69. The number of fused-ring (bicyclic) bond motifs is 2. The number of aromatic nitrogens is 6. The second-order valence-electron chi connectivity index (χ2n) is 4.48. The second-order valence-corrected chi connectivity index (χ2v) is 5.33. The van der Waals surface area contributed by atoms with Crippen LogP contribution in [0.15, 0.2) is 41.3 Å². The highest BCUT2D eigenvalue weighted by atomic mass is 79.9. The molecule has 0 aliphatic rings. The van der Waals surface area contributed by atoms with Crippen LogP contribution >= 0.6 is 15.9 Å². The maximum Gasteiger partial charge on any atom is 0.227 e. The quantitative estimate of drug-likeness (QED) is 0.596. The lowest BCUT2D eigenvalue weighted by atomic mass is 10.3. The molecular formula is C13H10BrN7. The summed E-state index contributed by atoms with van der Waals surface area (Å²) in [6.07, 6.45) is 3.19. The molecule has 0 unspecified atom stereocenters. The van der Waals surface area contributed by atoms with Gasteiger partial charge in [-0.2, -0.15) is 9.61 Å². The summed E-state index contributed by atoms with van der Waals surface area (Å²) in [7, 11) is 0. The molecule has 4 aromatic rings. The van der Waals surface area contributed by atoms with Gasteiger partial charge in [-0.1, -0.05) is 12.1 Å². The number of H-pyrrole nitrogens is 1. The van der Waals surface area contributed by atoms with Gasteiger partial charge in [-0.3, -0.25) is 0 Å². The zero-order valence-electron chi connectivity index (χ0n) is 10.8. The Bertz CT molecular complexity index is 893. The second kappa shape index (κ2) is 4.81. The van der Waals surface area contributed by atoms with E-state index in [4.69, 9.17) is 0 Å². The molecule has 0 saturated carbocycles. The molecule has 2 N–H and O–H groups in total. The molecule has 0 amide bonds. The first-order valence-electron chi connectivity index (χ1n) is 6.33. The van der Waals surface area contributed by atoms with Crippen molar-refractivity contribution in [2.75, 3.05) is 5.32 Å². The lowest BCUT2D eigenvalue weighted by Gasteiger charge is -2.04. The van der Waals surface area contributed by atoms with Crippen LogP contribution < -0.4 is 5.32 Å². The molecule has 3 heterocycles. The van der Waals surface area contributed by atoms with E-state index in [2.05, 4.69) is 46.3 Å². The molecule has 0 spiro atoms.